The normalized spacial score (nSPS) is 17.9. The Labute approximate surface area is 114 Å². The van der Waals surface area contributed by atoms with Crippen LogP contribution in [0.1, 0.15) is 12.0 Å². The molecule has 1 fully saturated rings. The summed E-state index contributed by atoms with van der Waals surface area (Å²) in [4.78, 5) is 2.09. The lowest BCUT2D eigenvalue weighted by molar-refractivity contribution is -0.0226. The highest BCUT2D eigenvalue weighted by molar-refractivity contribution is 9.10. The van der Waals surface area contributed by atoms with E-state index in [-0.39, 0.29) is 12.0 Å². The van der Waals surface area contributed by atoms with Gasteiger partial charge in [-0.1, -0.05) is 28.1 Å². The van der Waals surface area contributed by atoms with Crippen molar-refractivity contribution in [3.63, 3.8) is 0 Å². The van der Waals surface area contributed by atoms with E-state index in [1.54, 1.807) is 12.1 Å². The molecule has 0 unspecified atom stereocenters. The molecule has 1 aliphatic heterocycles. The summed E-state index contributed by atoms with van der Waals surface area (Å²) < 4.78 is 28.8. The van der Waals surface area contributed by atoms with Gasteiger partial charge in [-0.15, -0.1) is 0 Å². The van der Waals surface area contributed by atoms with Crippen LogP contribution in [0.25, 0.3) is 0 Å². The molecule has 1 aromatic carbocycles. The molecule has 100 valence electrons. The van der Waals surface area contributed by atoms with Gasteiger partial charge in [0.1, 0.15) is 0 Å². The Hall–Kier alpha value is -0.520. The molecule has 18 heavy (non-hydrogen) atoms. The predicted octanol–water partition coefficient (Wildman–Crippen LogP) is 2.84. The Morgan fingerprint density at radius 1 is 1.17 bits per heavy atom. The minimum absolute atomic E-state index is 0.0980. The zero-order valence-electron chi connectivity index (χ0n) is 10.1. The third-order valence-corrected chi connectivity index (χ3v) is 3.75. The molecule has 2 rings (SSSR count). The number of piperazine rings is 1. The maximum Gasteiger partial charge on any atom is 0.274 e. The Morgan fingerprint density at radius 3 is 2.39 bits per heavy atom. The predicted molar refractivity (Wildman–Crippen MR) is 72.0 cm³/mol. The van der Waals surface area contributed by atoms with Crippen LogP contribution in [-0.2, 0) is 5.92 Å². The molecule has 1 N–H and O–H groups in total. The van der Waals surface area contributed by atoms with Gasteiger partial charge < -0.3 is 10.2 Å². The maximum absolute atomic E-state index is 14.0. The first-order valence-corrected chi connectivity index (χ1v) is 6.94. The van der Waals surface area contributed by atoms with E-state index in [4.69, 9.17) is 0 Å². The lowest BCUT2D eigenvalue weighted by atomic mass is 10.1. The van der Waals surface area contributed by atoms with Crippen LogP contribution in [0, 0.1) is 0 Å². The molecule has 0 aromatic heterocycles. The van der Waals surface area contributed by atoms with E-state index >= 15 is 0 Å². The van der Waals surface area contributed by atoms with Crippen LogP contribution in [0.5, 0.6) is 0 Å². The monoisotopic (exact) mass is 318 g/mol. The average Bonchev–Trinajstić information content (AvgIpc) is 2.38. The SMILES string of the molecule is FC(F)(CCN1CCNCC1)c1ccc(Br)cc1. The van der Waals surface area contributed by atoms with Gasteiger partial charge in [-0.2, -0.15) is 0 Å². The van der Waals surface area contributed by atoms with E-state index in [9.17, 15) is 8.78 Å². The van der Waals surface area contributed by atoms with E-state index in [0.29, 0.717) is 6.54 Å². The minimum Gasteiger partial charge on any atom is -0.314 e. The maximum atomic E-state index is 14.0. The van der Waals surface area contributed by atoms with Gasteiger partial charge in [0.25, 0.3) is 5.92 Å². The fourth-order valence-corrected chi connectivity index (χ4v) is 2.34. The second-order valence-electron chi connectivity index (χ2n) is 4.55. The molecule has 0 spiro atoms. The number of rotatable bonds is 4. The van der Waals surface area contributed by atoms with Crippen LogP contribution in [0.3, 0.4) is 0 Å². The summed E-state index contributed by atoms with van der Waals surface area (Å²) in [6, 6.07) is 6.30. The van der Waals surface area contributed by atoms with E-state index in [1.807, 2.05) is 0 Å². The first-order valence-electron chi connectivity index (χ1n) is 6.15. The van der Waals surface area contributed by atoms with Gasteiger partial charge in [0.15, 0.2) is 0 Å². The van der Waals surface area contributed by atoms with Crippen molar-refractivity contribution < 1.29 is 8.78 Å². The smallest absolute Gasteiger partial charge is 0.274 e. The number of halogens is 3. The van der Waals surface area contributed by atoms with Crippen LogP contribution in [0.4, 0.5) is 8.78 Å². The Balaban J connectivity index is 1.91. The van der Waals surface area contributed by atoms with Crippen LogP contribution >= 0.6 is 15.9 Å². The van der Waals surface area contributed by atoms with Crippen molar-refractivity contribution in [3.05, 3.63) is 34.3 Å². The Kier molecular flexibility index (Phi) is 4.70. The number of alkyl halides is 2. The van der Waals surface area contributed by atoms with Gasteiger partial charge in [-0.25, -0.2) is 8.78 Å². The molecule has 0 atom stereocenters. The molecule has 1 saturated heterocycles. The molecule has 5 heteroatoms. The standard InChI is InChI=1S/C13H17BrF2N2/c14-12-3-1-11(2-4-12)13(15,16)5-8-18-9-6-17-7-10-18/h1-4,17H,5-10H2. The molecule has 0 aliphatic carbocycles. The number of hydrogen-bond acceptors (Lipinski definition) is 2. The van der Waals surface area contributed by atoms with Crippen molar-refractivity contribution in [1.82, 2.24) is 10.2 Å². The number of benzene rings is 1. The highest BCUT2D eigenvalue weighted by Crippen LogP contribution is 2.32. The number of nitrogens with zero attached hydrogens (tertiary/aromatic N) is 1. The largest absolute Gasteiger partial charge is 0.314 e. The van der Waals surface area contributed by atoms with Gasteiger partial charge in [0, 0.05) is 49.2 Å². The van der Waals surface area contributed by atoms with Crippen LogP contribution < -0.4 is 5.32 Å². The number of hydrogen-bond donors (Lipinski definition) is 1. The molecule has 2 nitrogen and oxygen atoms in total. The first kappa shape index (κ1) is 13.9. The molecule has 1 aromatic rings. The van der Waals surface area contributed by atoms with Gasteiger partial charge in [0.05, 0.1) is 0 Å². The summed E-state index contributed by atoms with van der Waals surface area (Å²) >= 11 is 3.25. The number of nitrogens with one attached hydrogen (secondary N) is 1. The van der Waals surface area contributed by atoms with E-state index < -0.39 is 5.92 Å². The third kappa shape index (κ3) is 3.73. The molecular weight excluding hydrogens is 302 g/mol. The van der Waals surface area contributed by atoms with Gasteiger partial charge in [0.2, 0.25) is 0 Å². The van der Waals surface area contributed by atoms with Gasteiger partial charge in [-0.05, 0) is 12.1 Å². The van der Waals surface area contributed by atoms with Crippen molar-refractivity contribution >= 4 is 15.9 Å². The summed E-state index contributed by atoms with van der Waals surface area (Å²) in [6.07, 6.45) is -0.116. The molecular formula is C13H17BrF2N2. The summed E-state index contributed by atoms with van der Waals surface area (Å²) in [5, 5.41) is 3.22. The second-order valence-corrected chi connectivity index (χ2v) is 5.47. The van der Waals surface area contributed by atoms with Gasteiger partial charge in [-0.3, -0.25) is 0 Å². The molecule has 1 heterocycles. The summed E-state index contributed by atoms with van der Waals surface area (Å²) in [7, 11) is 0. The van der Waals surface area contributed by atoms with Crippen molar-refractivity contribution in [3.8, 4) is 0 Å². The van der Waals surface area contributed by atoms with Crippen LogP contribution in [0.2, 0.25) is 0 Å². The summed E-state index contributed by atoms with van der Waals surface area (Å²) in [5.74, 6) is -2.74. The van der Waals surface area contributed by atoms with Crippen molar-refractivity contribution in [2.24, 2.45) is 0 Å². The minimum atomic E-state index is -2.74. The van der Waals surface area contributed by atoms with E-state index in [0.717, 1.165) is 30.7 Å². The fraction of sp³-hybridized carbons (Fsp3) is 0.538. The van der Waals surface area contributed by atoms with Crippen LogP contribution in [-0.4, -0.2) is 37.6 Å². The lowest BCUT2D eigenvalue weighted by Crippen LogP contribution is -2.44. The molecule has 0 saturated carbocycles. The zero-order valence-corrected chi connectivity index (χ0v) is 11.7. The van der Waals surface area contributed by atoms with Crippen molar-refractivity contribution in [2.75, 3.05) is 32.7 Å². The average molecular weight is 319 g/mol. The van der Waals surface area contributed by atoms with Crippen molar-refractivity contribution in [1.29, 1.82) is 0 Å². The van der Waals surface area contributed by atoms with Crippen molar-refractivity contribution in [2.45, 2.75) is 12.3 Å². The lowest BCUT2D eigenvalue weighted by Gasteiger charge is -2.28. The zero-order chi connectivity index (χ0) is 13.0. The first-order chi connectivity index (χ1) is 8.58. The molecule has 0 bridgehead atoms. The fourth-order valence-electron chi connectivity index (χ4n) is 2.07. The highest BCUT2D eigenvalue weighted by atomic mass is 79.9. The Morgan fingerprint density at radius 2 is 1.78 bits per heavy atom. The highest BCUT2D eigenvalue weighted by Gasteiger charge is 2.31. The molecule has 0 radical (unpaired) electrons. The molecule has 0 amide bonds. The van der Waals surface area contributed by atoms with Gasteiger partial charge >= 0.3 is 0 Å². The second kappa shape index (κ2) is 6.08. The van der Waals surface area contributed by atoms with E-state index in [2.05, 4.69) is 26.1 Å². The quantitative estimate of drug-likeness (QED) is 0.918. The summed E-state index contributed by atoms with van der Waals surface area (Å²) in [6.45, 7) is 3.95. The topological polar surface area (TPSA) is 15.3 Å². The molecule has 1 aliphatic rings. The van der Waals surface area contributed by atoms with Crippen LogP contribution in [0.15, 0.2) is 28.7 Å². The third-order valence-electron chi connectivity index (χ3n) is 3.22. The summed E-state index contributed by atoms with van der Waals surface area (Å²) in [5.41, 5.74) is 0.0980. The Bertz CT molecular complexity index is 375. The van der Waals surface area contributed by atoms with E-state index in [1.165, 1.54) is 12.1 Å².